The summed E-state index contributed by atoms with van der Waals surface area (Å²) < 4.78 is 15.2. The molecule has 3 rings (SSSR count). The summed E-state index contributed by atoms with van der Waals surface area (Å²) in [6.45, 7) is 0.253. The van der Waals surface area contributed by atoms with E-state index in [9.17, 15) is 9.18 Å². The molecular formula is C13H13FN2O. The molecule has 3 nitrogen and oxygen atoms in total. The van der Waals surface area contributed by atoms with E-state index in [1.165, 1.54) is 6.07 Å². The average Bonchev–Trinajstić information content (AvgIpc) is 3.00. The predicted octanol–water partition coefficient (Wildman–Crippen LogP) is 2.06. The standard InChI is InChI=1S/C13H13FN2O/c14-11-2-1-3-12-10(11)6-7-16(12)8-13(17)15-9-4-5-9/h1-3,6-7,9H,4-5,8H2,(H,15,17). The molecule has 0 aliphatic heterocycles. The normalized spacial score (nSPS) is 15.1. The van der Waals surface area contributed by atoms with Crippen LogP contribution in [0.5, 0.6) is 0 Å². The molecule has 1 N–H and O–H groups in total. The van der Waals surface area contributed by atoms with Crippen molar-refractivity contribution in [3.8, 4) is 0 Å². The summed E-state index contributed by atoms with van der Waals surface area (Å²) in [4.78, 5) is 11.7. The molecule has 1 amide bonds. The Morgan fingerprint density at radius 1 is 1.41 bits per heavy atom. The molecule has 0 unspecified atom stereocenters. The highest BCUT2D eigenvalue weighted by Gasteiger charge is 2.23. The molecule has 4 heteroatoms. The maximum absolute atomic E-state index is 13.4. The van der Waals surface area contributed by atoms with E-state index < -0.39 is 0 Å². The highest BCUT2D eigenvalue weighted by molar-refractivity contribution is 5.83. The monoisotopic (exact) mass is 232 g/mol. The van der Waals surface area contributed by atoms with Crippen LogP contribution in [0.25, 0.3) is 10.9 Å². The summed E-state index contributed by atoms with van der Waals surface area (Å²) in [5.74, 6) is -0.252. The van der Waals surface area contributed by atoms with Gasteiger partial charge in [-0.2, -0.15) is 0 Å². The van der Waals surface area contributed by atoms with Crippen LogP contribution in [0.15, 0.2) is 30.5 Å². The fourth-order valence-corrected chi connectivity index (χ4v) is 1.98. The minimum absolute atomic E-state index is 0.00531. The van der Waals surface area contributed by atoms with E-state index in [1.807, 2.05) is 6.07 Å². The zero-order valence-corrected chi connectivity index (χ0v) is 9.32. The molecular weight excluding hydrogens is 219 g/mol. The van der Waals surface area contributed by atoms with E-state index >= 15 is 0 Å². The second-order valence-corrected chi connectivity index (χ2v) is 4.46. The molecule has 1 aliphatic rings. The molecule has 0 bridgehead atoms. The number of hydrogen-bond donors (Lipinski definition) is 1. The zero-order valence-electron chi connectivity index (χ0n) is 9.32. The summed E-state index contributed by atoms with van der Waals surface area (Å²) in [7, 11) is 0. The maximum atomic E-state index is 13.4. The van der Waals surface area contributed by atoms with Crippen molar-refractivity contribution >= 4 is 16.8 Å². The Hall–Kier alpha value is -1.84. The summed E-state index contributed by atoms with van der Waals surface area (Å²) in [6.07, 6.45) is 3.90. The average molecular weight is 232 g/mol. The van der Waals surface area contributed by atoms with Gasteiger partial charge < -0.3 is 9.88 Å². The van der Waals surface area contributed by atoms with Gasteiger partial charge in [0.25, 0.3) is 0 Å². The molecule has 0 radical (unpaired) electrons. The van der Waals surface area contributed by atoms with Crippen molar-refractivity contribution in [2.45, 2.75) is 25.4 Å². The SMILES string of the molecule is O=C(Cn1ccc2c(F)cccc21)NC1CC1. The molecule has 1 fully saturated rings. The minimum atomic E-state index is -0.246. The molecule has 1 heterocycles. The smallest absolute Gasteiger partial charge is 0.240 e. The third-order valence-electron chi connectivity index (χ3n) is 3.02. The number of rotatable bonds is 3. The first-order chi connectivity index (χ1) is 8.24. The number of carbonyl (C=O) groups excluding carboxylic acids is 1. The molecule has 1 aromatic carbocycles. The number of hydrogen-bond acceptors (Lipinski definition) is 1. The second-order valence-electron chi connectivity index (χ2n) is 4.46. The Bertz CT molecular complexity index is 572. The van der Waals surface area contributed by atoms with Crippen molar-refractivity contribution in [2.75, 3.05) is 0 Å². The van der Waals surface area contributed by atoms with Gasteiger partial charge >= 0.3 is 0 Å². The van der Waals surface area contributed by atoms with E-state index in [0.717, 1.165) is 18.4 Å². The van der Waals surface area contributed by atoms with Gasteiger partial charge in [-0.3, -0.25) is 4.79 Å². The fraction of sp³-hybridized carbons (Fsp3) is 0.308. The van der Waals surface area contributed by atoms with Crippen LogP contribution in [-0.4, -0.2) is 16.5 Å². The van der Waals surface area contributed by atoms with Crippen LogP contribution >= 0.6 is 0 Å². The molecule has 2 aromatic rings. The van der Waals surface area contributed by atoms with Gasteiger partial charge in [0.2, 0.25) is 5.91 Å². The third-order valence-corrected chi connectivity index (χ3v) is 3.02. The van der Waals surface area contributed by atoms with Crippen LogP contribution in [0.1, 0.15) is 12.8 Å². The van der Waals surface area contributed by atoms with Gasteiger partial charge in [0.05, 0.1) is 5.52 Å². The van der Waals surface area contributed by atoms with Crippen LogP contribution in [0.2, 0.25) is 0 Å². The van der Waals surface area contributed by atoms with E-state index in [-0.39, 0.29) is 18.3 Å². The Morgan fingerprint density at radius 2 is 2.24 bits per heavy atom. The number of nitrogens with zero attached hydrogens (tertiary/aromatic N) is 1. The largest absolute Gasteiger partial charge is 0.352 e. The quantitative estimate of drug-likeness (QED) is 0.863. The van der Waals surface area contributed by atoms with Crippen LogP contribution in [-0.2, 0) is 11.3 Å². The number of halogens is 1. The third kappa shape index (κ3) is 2.02. The summed E-state index contributed by atoms with van der Waals surface area (Å²) in [6, 6.07) is 6.97. The fourth-order valence-electron chi connectivity index (χ4n) is 1.98. The van der Waals surface area contributed by atoms with E-state index in [4.69, 9.17) is 0 Å². The summed E-state index contributed by atoms with van der Waals surface area (Å²) >= 11 is 0. The van der Waals surface area contributed by atoms with Crippen molar-refractivity contribution < 1.29 is 9.18 Å². The number of amides is 1. The Morgan fingerprint density at radius 3 is 3.00 bits per heavy atom. The van der Waals surface area contributed by atoms with Crippen molar-refractivity contribution in [2.24, 2.45) is 0 Å². The minimum Gasteiger partial charge on any atom is -0.352 e. The Labute approximate surface area is 98.2 Å². The van der Waals surface area contributed by atoms with Gasteiger partial charge in [-0.1, -0.05) is 6.07 Å². The topological polar surface area (TPSA) is 34.0 Å². The van der Waals surface area contributed by atoms with Crippen LogP contribution in [0.4, 0.5) is 4.39 Å². The Balaban J connectivity index is 1.84. The summed E-state index contributed by atoms with van der Waals surface area (Å²) in [5.41, 5.74) is 0.760. The number of benzene rings is 1. The van der Waals surface area contributed by atoms with Gasteiger partial charge in [0.15, 0.2) is 0 Å². The molecule has 0 atom stereocenters. The van der Waals surface area contributed by atoms with Crippen molar-refractivity contribution in [1.82, 2.24) is 9.88 Å². The van der Waals surface area contributed by atoms with Crippen molar-refractivity contribution in [3.63, 3.8) is 0 Å². The zero-order chi connectivity index (χ0) is 11.8. The van der Waals surface area contributed by atoms with Gasteiger partial charge in [0.1, 0.15) is 12.4 Å². The highest BCUT2D eigenvalue weighted by atomic mass is 19.1. The lowest BCUT2D eigenvalue weighted by atomic mass is 10.2. The lowest BCUT2D eigenvalue weighted by Gasteiger charge is -2.06. The lowest BCUT2D eigenvalue weighted by Crippen LogP contribution is -2.28. The first-order valence-corrected chi connectivity index (χ1v) is 5.77. The first-order valence-electron chi connectivity index (χ1n) is 5.77. The van der Waals surface area contributed by atoms with Crippen LogP contribution in [0, 0.1) is 5.82 Å². The molecule has 88 valence electrons. The predicted molar refractivity (Wildman–Crippen MR) is 63.1 cm³/mol. The number of fused-ring (bicyclic) bond motifs is 1. The maximum Gasteiger partial charge on any atom is 0.240 e. The number of aromatic nitrogens is 1. The molecule has 17 heavy (non-hydrogen) atoms. The van der Waals surface area contributed by atoms with E-state index in [2.05, 4.69) is 5.32 Å². The molecule has 0 saturated heterocycles. The second kappa shape index (κ2) is 3.87. The first kappa shape index (κ1) is 10.3. The molecule has 1 aromatic heterocycles. The van der Waals surface area contributed by atoms with Gasteiger partial charge in [-0.05, 0) is 31.0 Å². The van der Waals surface area contributed by atoms with Gasteiger partial charge in [-0.25, -0.2) is 4.39 Å². The summed E-state index contributed by atoms with van der Waals surface area (Å²) in [5, 5.41) is 3.48. The molecule has 1 aliphatic carbocycles. The van der Waals surface area contributed by atoms with Crippen molar-refractivity contribution in [3.05, 3.63) is 36.3 Å². The number of nitrogens with one attached hydrogen (secondary N) is 1. The Kier molecular flexibility index (Phi) is 2.35. The highest BCUT2D eigenvalue weighted by Crippen LogP contribution is 2.20. The number of carbonyl (C=O) groups is 1. The van der Waals surface area contributed by atoms with Crippen LogP contribution in [0.3, 0.4) is 0 Å². The van der Waals surface area contributed by atoms with Gasteiger partial charge in [0, 0.05) is 17.6 Å². The lowest BCUT2D eigenvalue weighted by molar-refractivity contribution is -0.121. The van der Waals surface area contributed by atoms with Crippen molar-refractivity contribution in [1.29, 1.82) is 0 Å². The van der Waals surface area contributed by atoms with E-state index in [0.29, 0.717) is 11.4 Å². The molecule has 0 spiro atoms. The van der Waals surface area contributed by atoms with Gasteiger partial charge in [-0.15, -0.1) is 0 Å². The van der Waals surface area contributed by atoms with Crippen LogP contribution < -0.4 is 5.32 Å². The molecule has 1 saturated carbocycles. The van der Waals surface area contributed by atoms with E-state index in [1.54, 1.807) is 22.9 Å².